The van der Waals surface area contributed by atoms with Gasteiger partial charge in [0.05, 0.1) is 0 Å². The van der Waals surface area contributed by atoms with Crippen LogP contribution >= 0.6 is 0 Å². The Hall–Kier alpha value is -1.65. The highest BCUT2D eigenvalue weighted by molar-refractivity contribution is 5.67. The zero-order valence-electron chi connectivity index (χ0n) is 12.8. The molecule has 122 valence electrons. The lowest BCUT2D eigenvalue weighted by Crippen LogP contribution is -2.33. The monoisotopic (exact) mass is 311 g/mol. The molecule has 0 spiro atoms. The summed E-state index contributed by atoms with van der Waals surface area (Å²) in [4.78, 5) is 10.6. The minimum absolute atomic E-state index is 0.0255. The topological polar surface area (TPSA) is 49.3 Å². The third kappa shape index (κ3) is 4.97. The van der Waals surface area contributed by atoms with Gasteiger partial charge in [-0.1, -0.05) is 12.1 Å². The number of aryl methyl sites for hydroxylation is 1. The number of carbonyl (C=O) groups is 1. The lowest BCUT2D eigenvalue weighted by Gasteiger charge is -2.33. The standard InChI is InChI=1S/C17H23F2NO2/c1-12(14-7-9-17(18,19)10-8-14)20-15-4-2-3-13(11-15)5-6-16(21)22/h2-4,11-12,14,20H,5-10H2,1H3,(H,21,22). The average molecular weight is 311 g/mol. The Morgan fingerprint density at radius 2 is 2.09 bits per heavy atom. The fourth-order valence-electron chi connectivity index (χ4n) is 3.01. The van der Waals surface area contributed by atoms with Crippen molar-refractivity contribution in [2.75, 3.05) is 5.32 Å². The molecule has 1 aliphatic carbocycles. The van der Waals surface area contributed by atoms with Gasteiger partial charge in [0.15, 0.2) is 0 Å². The molecule has 2 N–H and O–H groups in total. The van der Waals surface area contributed by atoms with Crippen molar-refractivity contribution >= 4 is 11.7 Å². The van der Waals surface area contributed by atoms with Crippen molar-refractivity contribution < 1.29 is 18.7 Å². The molecule has 22 heavy (non-hydrogen) atoms. The largest absolute Gasteiger partial charge is 0.481 e. The third-order valence-corrected chi connectivity index (χ3v) is 4.42. The zero-order chi connectivity index (χ0) is 16.2. The maximum atomic E-state index is 13.2. The maximum absolute atomic E-state index is 13.2. The molecule has 1 unspecified atom stereocenters. The second kappa shape index (κ2) is 7.07. The predicted octanol–water partition coefficient (Wildman–Crippen LogP) is 4.33. The first kappa shape index (κ1) is 16.7. The molecule has 0 amide bonds. The number of anilines is 1. The van der Waals surface area contributed by atoms with Crippen LogP contribution in [0.3, 0.4) is 0 Å². The minimum Gasteiger partial charge on any atom is -0.481 e. The van der Waals surface area contributed by atoms with Crippen LogP contribution in [-0.4, -0.2) is 23.0 Å². The molecule has 0 aromatic heterocycles. The van der Waals surface area contributed by atoms with E-state index in [9.17, 15) is 13.6 Å². The number of alkyl halides is 2. The minimum atomic E-state index is -2.49. The van der Waals surface area contributed by atoms with Crippen molar-refractivity contribution in [2.45, 2.75) is 57.4 Å². The summed E-state index contributed by atoms with van der Waals surface area (Å²) in [7, 11) is 0. The van der Waals surface area contributed by atoms with E-state index in [0.29, 0.717) is 19.3 Å². The van der Waals surface area contributed by atoms with E-state index >= 15 is 0 Å². The van der Waals surface area contributed by atoms with Crippen LogP contribution in [0.15, 0.2) is 24.3 Å². The highest BCUT2D eigenvalue weighted by atomic mass is 19.3. The number of carboxylic acids is 1. The van der Waals surface area contributed by atoms with Crippen molar-refractivity contribution in [2.24, 2.45) is 5.92 Å². The number of hydrogen-bond donors (Lipinski definition) is 2. The summed E-state index contributed by atoms with van der Waals surface area (Å²) in [6.07, 6.45) is 1.63. The highest BCUT2D eigenvalue weighted by Gasteiger charge is 2.36. The van der Waals surface area contributed by atoms with Gasteiger partial charge in [0.25, 0.3) is 0 Å². The number of carboxylic acid groups (broad SMARTS) is 1. The summed E-state index contributed by atoms with van der Waals surface area (Å²) in [6.45, 7) is 2.03. The van der Waals surface area contributed by atoms with Gasteiger partial charge in [-0.15, -0.1) is 0 Å². The van der Waals surface area contributed by atoms with Crippen molar-refractivity contribution in [3.8, 4) is 0 Å². The molecule has 1 saturated carbocycles. The Morgan fingerprint density at radius 3 is 2.73 bits per heavy atom. The molecule has 3 nitrogen and oxygen atoms in total. The molecule has 0 aliphatic heterocycles. The predicted molar refractivity (Wildman–Crippen MR) is 82.4 cm³/mol. The second-order valence-electron chi connectivity index (χ2n) is 6.22. The summed E-state index contributed by atoms with van der Waals surface area (Å²) in [5.74, 6) is -3.05. The van der Waals surface area contributed by atoms with E-state index in [1.807, 2.05) is 31.2 Å². The van der Waals surface area contributed by atoms with Gasteiger partial charge in [-0.3, -0.25) is 4.79 Å². The van der Waals surface area contributed by atoms with Gasteiger partial charge in [0.2, 0.25) is 5.92 Å². The van der Waals surface area contributed by atoms with Crippen LogP contribution in [-0.2, 0) is 11.2 Å². The van der Waals surface area contributed by atoms with Gasteiger partial charge in [0, 0.05) is 31.0 Å². The lowest BCUT2D eigenvalue weighted by molar-refractivity contribution is -0.136. The lowest BCUT2D eigenvalue weighted by atomic mass is 9.82. The van der Waals surface area contributed by atoms with Gasteiger partial charge in [0.1, 0.15) is 0 Å². The van der Waals surface area contributed by atoms with Crippen LogP contribution in [0.25, 0.3) is 0 Å². The molecule has 0 heterocycles. The quantitative estimate of drug-likeness (QED) is 0.822. The van der Waals surface area contributed by atoms with E-state index in [1.165, 1.54) is 0 Å². The van der Waals surface area contributed by atoms with E-state index in [2.05, 4.69) is 5.32 Å². The molecule has 0 saturated heterocycles. The molecule has 1 fully saturated rings. The summed E-state index contributed by atoms with van der Waals surface area (Å²) >= 11 is 0. The summed E-state index contributed by atoms with van der Waals surface area (Å²) in [6, 6.07) is 7.79. The van der Waals surface area contributed by atoms with E-state index in [1.54, 1.807) is 0 Å². The highest BCUT2D eigenvalue weighted by Crippen LogP contribution is 2.38. The SMILES string of the molecule is CC(Nc1cccc(CCC(=O)O)c1)C1CCC(F)(F)CC1. The molecule has 0 bridgehead atoms. The Bertz CT molecular complexity index is 509. The third-order valence-electron chi connectivity index (χ3n) is 4.42. The Labute approximate surface area is 129 Å². The van der Waals surface area contributed by atoms with Crippen molar-refractivity contribution in [3.63, 3.8) is 0 Å². The van der Waals surface area contributed by atoms with Crippen molar-refractivity contribution in [1.82, 2.24) is 0 Å². The van der Waals surface area contributed by atoms with E-state index < -0.39 is 11.9 Å². The smallest absolute Gasteiger partial charge is 0.303 e. The van der Waals surface area contributed by atoms with Crippen molar-refractivity contribution in [3.05, 3.63) is 29.8 Å². The summed E-state index contributed by atoms with van der Waals surface area (Å²) in [5.41, 5.74) is 1.89. The van der Waals surface area contributed by atoms with Crippen LogP contribution in [0.4, 0.5) is 14.5 Å². The van der Waals surface area contributed by atoms with Crippen LogP contribution in [0.2, 0.25) is 0 Å². The molecule has 1 aromatic rings. The van der Waals surface area contributed by atoms with E-state index in [0.717, 1.165) is 11.3 Å². The summed E-state index contributed by atoms with van der Waals surface area (Å²) in [5, 5.41) is 12.1. The van der Waals surface area contributed by atoms with Crippen LogP contribution < -0.4 is 5.32 Å². The number of aliphatic carboxylic acids is 1. The molecule has 1 aliphatic rings. The molecule has 0 radical (unpaired) electrons. The molecular formula is C17H23F2NO2. The molecule has 5 heteroatoms. The van der Waals surface area contributed by atoms with Gasteiger partial charge in [-0.2, -0.15) is 0 Å². The number of rotatable bonds is 6. The number of halogens is 2. The Balaban J connectivity index is 1.90. The van der Waals surface area contributed by atoms with Crippen molar-refractivity contribution in [1.29, 1.82) is 0 Å². The van der Waals surface area contributed by atoms with Crippen LogP contribution in [0.1, 0.15) is 44.6 Å². The first-order chi connectivity index (χ1) is 10.4. The van der Waals surface area contributed by atoms with Gasteiger partial charge >= 0.3 is 5.97 Å². The Kier molecular flexibility index (Phi) is 5.37. The van der Waals surface area contributed by atoms with Gasteiger partial charge < -0.3 is 10.4 Å². The first-order valence-electron chi connectivity index (χ1n) is 7.81. The van der Waals surface area contributed by atoms with Crippen LogP contribution in [0.5, 0.6) is 0 Å². The fraction of sp³-hybridized carbons (Fsp3) is 0.588. The average Bonchev–Trinajstić information content (AvgIpc) is 2.45. The molecule has 1 aromatic carbocycles. The number of nitrogens with one attached hydrogen (secondary N) is 1. The van der Waals surface area contributed by atoms with E-state index in [4.69, 9.17) is 5.11 Å². The second-order valence-corrected chi connectivity index (χ2v) is 6.22. The zero-order valence-corrected chi connectivity index (χ0v) is 12.8. The van der Waals surface area contributed by atoms with Gasteiger partial charge in [-0.25, -0.2) is 8.78 Å². The van der Waals surface area contributed by atoms with Gasteiger partial charge in [-0.05, 0) is 49.8 Å². The van der Waals surface area contributed by atoms with E-state index in [-0.39, 0.29) is 31.2 Å². The molecular weight excluding hydrogens is 288 g/mol. The molecule has 1 atom stereocenters. The number of hydrogen-bond acceptors (Lipinski definition) is 2. The Morgan fingerprint density at radius 1 is 1.41 bits per heavy atom. The summed E-state index contributed by atoms with van der Waals surface area (Å²) < 4.78 is 26.4. The normalized spacial score (nSPS) is 19.6. The first-order valence-corrected chi connectivity index (χ1v) is 7.81. The fourth-order valence-corrected chi connectivity index (χ4v) is 3.01. The molecule has 2 rings (SSSR count). The number of benzene rings is 1. The van der Waals surface area contributed by atoms with Crippen LogP contribution in [0, 0.1) is 5.92 Å². The maximum Gasteiger partial charge on any atom is 0.303 e.